The maximum Gasteiger partial charge on any atom is 0.259 e. The van der Waals surface area contributed by atoms with Gasteiger partial charge in [-0.25, -0.2) is 4.98 Å². The monoisotopic (exact) mass is 337 g/mol. The second-order valence-corrected chi connectivity index (χ2v) is 5.62. The number of H-pyrrole nitrogens is 1. The fraction of sp³-hybridized carbons (Fsp3) is 0.200. The highest BCUT2D eigenvalue weighted by Gasteiger charge is 2.21. The van der Waals surface area contributed by atoms with Crippen LogP contribution in [-0.4, -0.2) is 57.6 Å². The Bertz CT molecular complexity index is 1030. The molecule has 4 rings (SSSR count). The molecule has 1 amide bonds. The molecule has 0 bridgehead atoms. The molecule has 0 aliphatic rings. The summed E-state index contributed by atoms with van der Waals surface area (Å²) >= 11 is 0. The van der Waals surface area contributed by atoms with Gasteiger partial charge in [0.1, 0.15) is 17.5 Å². The van der Waals surface area contributed by atoms with Crippen molar-refractivity contribution < 1.29 is 4.79 Å². The van der Waals surface area contributed by atoms with Gasteiger partial charge in [-0.15, -0.1) is 5.10 Å². The number of rotatable bonds is 4. The number of nitrogens with zero attached hydrogens (tertiary/aromatic N) is 8. The van der Waals surface area contributed by atoms with Gasteiger partial charge in [0, 0.05) is 13.2 Å². The summed E-state index contributed by atoms with van der Waals surface area (Å²) in [5, 5.41) is 17.6. The summed E-state index contributed by atoms with van der Waals surface area (Å²) < 4.78 is 3.35. The Kier molecular flexibility index (Phi) is 3.49. The Hall–Kier alpha value is -3.56. The van der Waals surface area contributed by atoms with Crippen LogP contribution < -0.4 is 0 Å². The molecular formula is C15H15N9O. The van der Waals surface area contributed by atoms with Gasteiger partial charge in [0.25, 0.3) is 5.91 Å². The van der Waals surface area contributed by atoms with E-state index in [1.807, 2.05) is 35.7 Å². The van der Waals surface area contributed by atoms with Gasteiger partial charge in [-0.1, -0.05) is 6.07 Å². The average Bonchev–Trinajstić information content (AvgIpc) is 3.34. The third-order valence-electron chi connectivity index (χ3n) is 3.99. The number of tetrazole rings is 1. The lowest BCUT2D eigenvalue weighted by atomic mass is 10.2. The fourth-order valence-electron chi connectivity index (χ4n) is 2.73. The molecule has 4 aromatic heterocycles. The molecule has 1 N–H and O–H groups in total. The molecule has 0 aliphatic heterocycles. The molecule has 0 unspecified atom stereocenters. The molecule has 0 spiro atoms. The molecule has 0 aromatic carbocycles. The molecule has 0 radical (unpaired) electrons. The number of amides is 1. The third kappa shape index (κ3) is 2.53. The Morgan fingerprint density at radius 2 is 2.24 bits per heavy atom. The molecule has 4 aromatic rings. The summed E-state index contributed by atoms with van der Waals surface area (Å²) in [7, 11) is 1.74. The van der Waals surface area contributed by atoms with Crippen LogP contribution in [-0.2, 0) is 6.54 Å². The van der Waals surface area contributed by atoms with Crippen LogP contribution in [0.4, 0.5) is 0 Å². The molecule has 0 aliphatic carbocycles. The predicted octanol–water partition coefficient (Wildman–Crippen LogP) is 0.614. The van der Waals surface area contributed by atoms with Crippen LogP contribution in [0.1, 0.15) is 21.7 Å². The predicted molar refractivity (Wildman–Crippen MR) is 87.0 cm³/mol. The van der Waals surface area contributed by atoms with Crippen LogP contribution in [0, 0.1) is 6.92 Å². The first kappa shape index (κ1) is 15.0. The molecule has 0 saturated carbocycles. The zero-order chi connectivity index (χ0) is 17.4. The summed E-state index contributed by atoms with van der Waals surface area (Å²) in [6, 6.07) is 5.81. The lowest BCUT2D eigenvalue weighted by Gasteiger charge is -2.17. The molecule has 0 saturated heterocycles. The topological polar surface area (TPSA) is 110 Å². The van der Waals surface area contributed by atoms with Crippen LogP contribution in [0.3, 0.4) is 0 Å². The van der Waals surface area contributed by atoms with E-state index in [0.717, 1.165) is 17.0 Å². The Labute approximate surface area is 142 Å². The number of hydrogen-bond donors (Lipinski definition) is 1. The van der Waals surface area contributed by atoms with Gasteiger partial charge in [-0.3, -0.25) is 9.89 Å². The van der Waals surface area contributed by atoms with E-state index < -0.39 is 0 Å². The van der Waals surface area contributed by atoms with Crippen LogP contribution in [0.25, 0.3) is 11.5 Å². The first-order valence-corrected chi connectivity index (χ1v) is 7.60. The van der Waals surface area contributed by atoms with Crippen molar-refractivity contribution in [3.8, 4) is 5.82 Å². The van der Waals surface area contributed by atoms with Gasteiger partial charge in [-0.05, 0) is 29.5 Å². The number of aryl methyl sites for hydroxylation is 1. The number of imidazole rings is 1. The first-order valence-electron chi connectivity index (χ1n) is 7.60. The molecular weight excluding hydrogens is 322 g/mol. The standard InChI is InChI=1S/C15H15N9O/c1-10-12(23-6-4-3-5-13(23)18-10)8-22(2)15(25)11-7-16-19-14(11)24-9-17-20-21-24/h3-7,9H,8H2,1-2H3,(H,16,19). The van der Waals surface area contributed by atoms with E-state index in [2.05, 4.69) is 30.7 Å². The molecule has 126 valence electrons. The zero-order valence-electron chi connectivity index (χ0n) is 13.7. The summed E-state index contributed by atoms with van der Waals surface area (Å²) in [6.07, 6.45) is 4.81. The minimum absolute atomic E-state index is 0.190. The maximum absolute atomic E-state index is 12.8. The Morgan fingerprint density at radius 3 is 3.04 bits per heavy atom. The normalized spacial score (nSPS) is 11.1. The van der Waals surface area contributed by atoms with Gasteiger partial charge in [0.05, 0.1) is 24.1 Å². The number of aromatic nitrogens is 8. The number of aromatic amines is 1. The average molecular weight is 337 g/mol. The maximum atomic E-state index is 12.8. The lowest BCUT2D eigenvalue weighted by Crippen LogP contribution is -2.27. The van der Waals surface area contributed by atoms with E-state index in [0.29, 0.717) is 17.9 Å². The SMILES string of the molecule is Cc1nc2ccccn2c1CN(C)C(=O)c1cn[nH]c1-n1cnnn1. The highest BCUT2D eigenvalue weighted by atomic mass is 16.2. The van der Waals surface area contributed by atoms with Gasteiger partial charge < -0.3 is 9.30 Å². The number of carbonyl (C=O) groups excluding carboxylic acids is 1. The van der Waals surface area contributed by atoms with Crippen LogP contribution >= 0.6 is 0 Å². The largest absolute Gasteiger partial charge is 0.336 e. The van der Waals surface area contributed by atoms with Crippen molar-refractivity contribution in [3.63, 3.8) is 0 Å². The first-order chi connectivity index (χ1) is 12.1. The van der Waals surface area contributed by atoms with Crippen LogP contribution in [0.2, 0.25) is 0 Å². The van der Waals surface area contributed by atoms with Crippen molar-refractivity contribution in [3.05, 3.63) is 53.9 Å². The second-order valence-electron chi connectivity index (χ2n) is 5.62. The van der Waals surface area contributed by atoms with Gasteiger partial charge in [-0.2, -0.15) is 9.78 Å². The summed E-state index contributed by atoms with van der Waals surface area (Å²) in [5.74, 6) is 0.237. The zero-order valence-corrected chi connectivity index (χ0v) is 13.7. The number of pyridine rings is 1. The van der Waals surface area contributed by atoms with E-state index in [9.17, 15) is 4.79 Å². The molecule has 25 heavy (non-hydrogen) atoms. The van der Waals surface area contributed by atoms with Crippen LogP contribution in [0.5, 0.6) is 0 Å². The number of nitrogens with one attached hydrogen (secondary N) is 1. The van der Waals surface area contributed by atoms with Crippen molar-refractivity contribution in [1.29, 1.82) is 0 Å². The summed E-state index contributed by atoms with van der Waals surface area (Å²) in [5.41, 5.74) is 3.09. The van der Waals surface area contributed by atoms with Crippen molar-refractivity contribution >= 4 is 11.6 Å². The van der Waals surface area contributed by atoms with E-state index in [1.54, 1.807) is 11.9 Å². The van der Waals surface area contributed by atoms with E-state index in [1.165, 1.54) is 17.2 Å². The molecule has 0 atom stereocenters. The number of carbonyl (C=O) groups is 1. The minimum Gasteiger partial charge on any atom is -0.336 e. The second kappa shape index (κ2) is 5.82. The third-order valence-corrected chi connectivity index (χ3v) is 3.99. The highest BCUT2D eigenvalue weighted by Crippen LogP contribution is 2.16. The highest BCUT2D eigenvalue weighted by molar-refractivity contribution is 5.96. The van der Waals surface area contributed by atoms with Gasteiger partial charge in [0.15, 0.2) is 5.82 Å². The lowest BCUT2D eigenvalue weighted by molar-refractivity contribution is 0.0783. The van der Waals surface area contributed by atoms with Gasteiger partial charge in [0.2, 0.25) is 0 Å². The van der Waals surface area contributed by atoms with E-state index in [-0.39, 0.29) is 5.91 Å². The van der Waals surface area contributed by atoms with Gasteiger partial charge >= 0.3 is 0 Å². The summed E-state index contributed by atoms with van der Waals surface area (Å²) in [4.78, 5) is 19.0. The summed E-state index contributed by atoms with van der Waals surface area (Å²) in [6.45, 7) is 2.35. The van der Waals surface area contributed by atoms with Crippen LogP contribution in [0.15, 0.2) is 36.9 Å². The number of fused-ring (bicyclic) bond motifs is 1. The van der Waals surface area contributed by atoms with Crippen molar-refractivity contribution in [1.82, 2.24) is 44.7 Å². The van der Waals surface area contributed by atoms with E-state index in [4.69, 9.17) is 0 Å². The van der Waals surface area contributed by atoms with E-state index >= 15 is 0 Å². The molecule has 0 fully saturated rings. The Balaban J connectivity index is 1.63. The van der Waals surface area contributed by atoms with Crippen molar-refractivity contribution in [2.24, 2.45) is 0 Å². The molecule has 10 heteroatoms. The van der Waals surface area contributed by atoms with Crippen molar-refractivity contribution in [2.45, 2.75) is 13.5 Å². The quantitative estimate of drug-likeness (QED) is 0.584. The Morgan fingerprint density at radius 1 is 1.36 bits per heavy atom. The fourth-order valence-corrected chi connectivity index (χ4v) is 2.73. The molecule has 4 heterocycles. The van der Waals surface area contributed by atoms with Crippen molar-refractivity contribution in [2.75, 3.05) is 7.05 Å². The number of hydrogen-bond acceptors (Lipinski definition) is 6. The molecule has 10 nitrogen and oxygen atoms in total. The smallest absolute Gasteiger partial charge is 0.259 e. The minimum atomic E-state index is -0.190.